The first-order chi connectivity index (χ1) is 24.0. The fraction of sp³-hybridized carbons (Fsp3) is 0.0909. The van der Waals surface area contributed by atoms with Crippen LogP contribution >= 0.6 is 7.92 Å². The van der Waals surface area contributed by atoms with E-state index in [1.165, 1.54) is 0 Å². The van der Waals surface area contributed by atoms with Gasteiger partial charge in [-0.2, -0.15) is 0 Å². The van der Waals surface area contributed by atoms with Crippen LogP contribution in [0.5, 0.6) is 0 Å². The zero-order valence-electron chi connectivity index (χ0n) is 27.5. The van der Waals surface area contributed by atoms with Crippen molar-refractivity contribution in [3.05, 3.63) is 186 Å². The monoisotopic (exact) mass is 656 g/mol. The van der Waals surface area contributed by atoms with Crippen LogP contribution in [0.2, 0.25) is 0 Å². The summed E-state index contributed by atoms with van der Waals surface area (Å²) in [7, 11) is -1.06. The average Bonchev–Trinajstić information content (AvgIpc) is 3.15. The Morgan fingerprint density at radius 2 is 0.837 bits per heavy atom. The van der Waals surface area contributed by atoms with Crippen LogP contribution in [0.4, 0.5) is 0 Å². The Morgan fingerprint density at radius 3 is 1.29 bits per heavy atom. The Bertz CT molecular complexity index is 2100. The summed E-state index contributed by atoms with van der Waals surface area (Å²) >= 11 is 0. The lowest BCUT2D eigenvalue weighted by atomic mass is 9.99. The van der Waals surface area contributed by atoms with Gasteiger partial charge in [-0.3, -0.25) is 9.59 Å². The van der Waals surface area contributed by atoms with Gasteiger partial charge in [0.25, 0.3) is 11.8 Å². The Balaban J connectivity index is 1.28. The highest BCUT2D eigenvalue weighted by Gasteiger charge is 2.23. The predicted molar refractivity (Wildman–Crippen MR) is 205 cm³/mol. The van der Waals surface area contributed by atoms with Gasteiger partial charge in [-0.05, 0) is 88.6 Å². The molecule has 0 aliphatic carbocycles. The van der Waals surface area contributed by atoms with E-state index in [1.807, 2.05) is 98.8 Å². The van der Waals surface area contributed by atoms with Crippen molar-refractivity contribution in [2.75, 3.05) is 0 Å². The van der Waals surface area contributed by atoms with Crippen molar-refractivity contribution in [1.29, 1.82) is 0 Å². The minimum absolute atomic E-state index is 0.227. The first kappa shape index (κ1) is 32.0. The van der Waals surface area contributed by atoms with Crippen LogP contribution in [-0.4, -0.2) is 11.8 Å². The second-order valence-electron chi connectivity index (χ2n) is 12.3. The normalized spacial score (nSPS) is 12.5. The van der Waals surface area contributed by atoms with E-state index in [-0.39, 0.29) is 23.9 Å². The van der Waals surface area contributed by atoms with Crippen molar-refractivity contribution in [2.24, 2.45) is 0 Å². The molecule has 49 heavy (non-hydrogen) atoms. The van der Waals surface area contributed by atoms with Gasteiger partial charge in [-0.1, -0.05) is 146 Å². The zero-order valence-corrected chi connectivity index (χ0v) is 28.4. The van der Waals surface area contributed by atoms with E-state index in [4.69, 9.17) is 0 Å². The molecule has 0 heterocycles. The second kappa shape index (κ2) is 14.3. The first-order valence-corrected chi connectivity index (χ1v) is 17.9. The lowest BCUT2D eigenvalue weighted by molar-refractivity contribution is 0.0939. The number of amides is 2. The van der Waals surface area contributed by atoms with Crippen LogP contribution in [0.15, 0.2) is 164 Å². The summed E-state index contributed by atoms with van der Waals surface area (Å²) < 4.78 is 0. The second-order valence-corrected chi connectivity index (χ2v) is 14.5. The van der Waals surface area contributed by atoms with Gasteiger partial charge in [0.15, 0.2) is 0 Å². The third kappa shape index (κ3) is 6.88. The van der Waals surface area contributed by atoms with Crippen molar-refractivity contribution < 1.29 is 9.59 Å². The van der Waals surface area contributed by atoms with Crippen molar-refractivity contribution in [3.8, 4) is 0 Å². The fourth-order valence-corrected chi connectivity index (χ4v) is 8.95. The fourth-order valence-electron chi connectivity index (χ4n) is 6.58. The molecule has 4 nitrogen and oxygen atoms in total. The Labute approximate surface area is 288 Å². The molecule has 2 N–H and O–H groups in total. The molecule has 5 heteroatoms. The molecular weight excluding hydrogens is 619 g/mol. The standard InChI is InChI=1S/C44H37N2O2P/c1-30(39-25-13-17-32-15-9-11-23-41(32)39)45-43(47)34-27-35(44(48)46-31(2)40-26-14-18-33-16-10-12-24-42(33)40)29-38(28-34)49(36-19-5-3-6-20-36)37-21-7-4-8-22-37/h3-31H,1-2H3,(H,45,47)(H,46,48)/t30-,31-/m0/s1. The molecule has 240 valence electrons. The van der Waals surface area contributed by atoms with Gasteiger partial charge in [0.1, 0.15) is 0 Å². The van der Waals surface area contributed by atoms with Crippen molar-refractivity contribution in [3.63, 3.8) is 0 Å². The molecule has 2 amide bonds. The molecule has 0 aliphatic heterocycles. The minimum atomic E-state index is -1.06. The van der Waals surface area contributed by atoms with E-state index < -0.39 is 7.92 Å². The molecule has 7 aromatic rings. The van der Waals surface area contributed by atoms with Crippen molar-refractivity contribution in [2.45, 2.75) is 25.9 Å². The van der Waals surface area contributed by atoms with Crippen molar-refractivity contribution in [1.82, 2.24) is 10.6 Å². The molecule has 7 rings (SSSR count). The maximum atomic E-state index is 14.1. The van der Waals surface area contributed by atoms with Gasteiger partial charge in [0, 0.05) is 11.1 Å². The molecular formula is C44H37N2O2P. The summed E-state index contributed by atoms with van der Waals surface area (Å²) in [6.07, 6.45) is 0. The van der Waals surface area contributed by atoms with Gasteiger partial charge in [0.2, 0.25) is 0 Å². The number of carbonyl (C=O) groups is 2. The Hall–Kier alpha value is -5.57. The van der Waals surface area contributed by atoms with Crippen LogP contribution in [0.25, 0.3) is 21.5 Å². The molecule has 0 fully saturated rings. The highest BCUT2D eigenvalue weighted by Crippen LogP contribution is 2.34. The van der Waals surface area contributed by atoms with Gasteiger partial charge >= 0.3 is 0 Å². The number of benzene rings is 7. The predicted octanol–water partition coefficient (Wildman–Crippen LogP) is 8.73. The summed E-state index contributed by atoms with van der Waals surface area (Å²) in [6.45, 7) is 4.01. The first-order valence-electron chi connectivity index (χ1n) is 16.6. The highest BCUT2D eigenvalue weighted by atomic mass is 31.1. The number of carbonyl (C=O) groups excluding carboxylic acids is 2. The average molecular weight is 657 g/mol. The van der Waals surface area contributed by atoms with E-state index in [2.05, 4.69) is 83.4 Å². The zero-order chi connectivity index (χ0) is 33.7. The van der Waals surface area contributed by atoms with E-state index in [1.54, 1.807) is 6.07 Å². The molecule has 0 aromatic heterocycles. The maximum Gasteiger partial charge on any atom is 0.251 e. The van der Waals surface area contributed by atoms with E-state index in [9.17, 15) is 9.59 Å². The molecule has 0 radical (unpaired) electrons. The smallest absolute Gasteiger partial charge is 0.251 e. The SMILES string of the molecule is C[C@H](NC(=O)c1cc(C(=O)N[C@@H](C)c2cccc3ccccc23)cc(P(c2ccccc2)c2ccccc2)c1)c1cccc2ccccc12. The van der Waals surface area contributed by atoms with E-state index in [0.29, 0.717) is 11.1 Å². The molecule has 0 saturated carbocycles. The lowest BCUT2D eigenvalue weighted by Crippen LogP contribution is -2.31. The van der Waals surface area contributed by atoms with Gasteiger partial charge in [0.05, 0.1) is 12.1 Å². The van der Waals surface area contributed by atoms with Crippen LogP contribution in [0, 0.1) is 0 Å². The number of nitrogens with one attached hydrogen (secondary N) is 2. The molecule has 0 saturated heterocycles. The quantitative estimate of drug-likeness (QED) is 0.153. The third-order valence-corrected chi connectivity index (χ3v) is 11.4. The lowest BCUT2D eigenvalue weighted by Gasteiger charge is -2.22. The van der Waals surface area contributed by atoms with E-state index in [0.717, 1.165) is 48.6 Å². The maximum absolute atomic E-state index is 14.1. The summed E-state index contributed by atoms with van der Waals surface area (Å²) in [5, 5.41) is 14.1. The summed E-state index contributed by atoms with van der Waals surface area (Å²) in [4.78, 5) is 28.3. The molecule has 0 unspecified atom stereocenters. The number of fused-ring (bicyclic) bond motifs is 2. The Morgan fingerprint density at radius 1 is 0.449 bits per heavy atom. The molecule has 0 bridgehead atoms. The van der Waals surface area contributed by atoms with E-state index >= 15 is 0 Å². The molecule has 0 aliphatic rings. The minimum Gasteiger partial charge on any atom is -0.345 e. The number of rotatable bonds is 9. The van der Waals surface area contributed by atoms with Crippen LogP contribution in [0.3, 0.4) is 0 Å². The summed E-state index contributed by atoms with van der Waals surface area (Å²) in [5.74, 6) is -0.455. The number of hydrogen-bond donors (Lipinski definition) is 2. The van der Waals surface area contributed by atoms with Gasteiger partial charge in [-0.25, -0.2) is 0 Å². The van der Waals surface area contributed by atoms with Crippen LogP contribution in [-0.2, 0) is 0 Å². The highest BCUT2D eigenvalue weighted by molar-refractivity contribution is 7.79. The van der Waals surface area contributed by atoms with Crippen LogP contribution in [0.1, 0.15) is 57.8 Å². The van der Waals surface area contributed by atoms with Crippen molar-refractivity contribution >= 4 is 57.2 Å². The number of hydrogen-bond acceptors (Lipinski definition) is 2. The largest absolute Gasteiger partial charge is 0.345 e. The third-order valence-electron chi connectivity index (χ3n) is 9.00. The molecule has 0 spiro atoms. The van der Waals surface area contributed by atoms with Crippen LogP contribution < -0.4 is 26.5 Å². The van der Waals surface area contributed by atoms with Gasteiger partial charge < -0.3 is 10.6 Å². The summed E-state index contributed by atoms with van der Waals surface area (Å²) in [5.41, 5.74) is 2.99. The van der Waals surface area contributed by atoms with Gasteiger partial charge in [-0.15, -0.1) is 0 Å². The summed E-state index contributed by atoms with van der Waals surface area (Å²) in [6, 6.07) is 54.5. The molecule has 2 atom stereocenters. The molecule has 7 aromatic carbocycles. The Kier molecular flexibility index (Phi) is 9.32. The topological polar surface area (TPSA) is 58.2 Å².